The zero-order valence-corrected chi connectivity index (χ0v) is 10.9. The van der Waals surface area contributed by atoms with Gasteiger partial charge in [0.2, 0.25) is 0 Å². The molecule has 1 aromatic rings. The Labute approximate surface area is 102 Å². The van der Waals surface area contributed by atoms with Crippen LogP contribution in [0.15, 0.2) is 11.4 Å². The van der Waals surface area contributed by atoms with E-state index in [1.807, 2.05) is 11.3 Å². The predicted octanol–water partition coefficient (Wildman–Crippen LogP) is 2.20. The summed E-state index contributed by atoms with van der Waals surface area (Å²) in [6.07, 6.45) is 2.49. The Morgan fingerprint density at radius 3 is 3.12 bits per heavy atom. The van der Waals surface area contributed by atoms with Crippen molar-refractivity contribution in [2.24, 2.45) is 0 Å². The van der Waals surface area contributed by atoms with Crippen molar-refractivity contribution in [2.75, 3.05) is 19.6 Å². The minimum atomic E-state index is 0.284. The third-order valence-corrected chi connectivity index (χ3v) is 5.23. The van der Waals surface area contributed by atoms with E-state index >= 15 is 0 Å². The Morgan fingerprint density at radius 1 is 1.50 bits per heavy atom. The second kappa shape index (κ2) is 3.83. The summed E-state index contributed by atoms with van der Waals surface area (Å²) in [6.45, 7) is 8.18. The van der Waals surface area contributed by atoms with Gasteiger partial charge in [0.05, 0.1) is 5.54 Å². The van der Waals surface area contributed by atoms with Crippen LogP contribution >= 0.6 is 11.3 Å². The number of rotatable bonds is 1. The first-order valence-electron chi connectivity index (χ1n) is 6.27. The van der Waals surface area contributed by atoms with Gasteiger partial charge in [-0.1, -0.05) is 0 Å². The van der Waals surface area contributed by atoms with Crippen LogP contribution in [0, 0.1) is 0 Å². The Morgan fingerprint density at radius 2 is 2.38 bits per heavy atom. The van der Waals surface area contributed by atoms with Crippen LogP contribution in [0.4, 0.5) is 0 Å². The van der Waals surface area contributed by atoms with Gasteiger partial charge < -0.3 is 5.32 Å². The van der Waals surface area contributed by atoms with Crippen LogP contribution in [0.3, 0.4) is 0 Å². The van der Waals surface area contributed by atoms with Crippen molar-refractivity contribution >= 4 is 11.3 Å². The molecule has 3 heterocycles. The molecule has 2 aliphatic rings. The molecule has 1 fully saturated rings. The molecule has 1 atom stereocenters. The molecule has 0 aliphatic carbocycles. The molecule has 1 N–H and O–H groups in total. The van der Waals surface area contributed by atoms with E-state index in [1.165, 1.54) is 25.9 Å². The van der Waals surface area contributed by atoms with Crippen molar-refractivity contribution in [1.82, 2.24) is 10.2 Å². The molecule has 88 valence electrons. The highest BCUT2D eigenvalue weighted by atomic mass is 32.1. The number of hydrogen-bond donors (Lipinski definition) is 1. The van der Waals surface area contributed by atoms with Crippen molar-refractivity contribution < 1.29 is 0 Å². The fourth-order valence-electron chi connectivity index (χ4n) is 3.08. The van der Waals surface area contributed by atoms with Crippen LogP contribution in [-0.4, -0.2) is 30.6 Å². The van der Waals surface area contributed by atoms with Crippen molar-refractivity contribution in [1.29, 1.82) is 0 Å². The summed E-state index contributed by atoms with van der Waals surface area (Å²) >= 11 is 1.95. The topological polar surface area (TPSA) is 15.3 Å². The van der Waals surface area contributed by atoms with E-state index in [0.717, 1.165) is 6.54 Å². The molecule has 3 rings (SSSR count). The van der Waals surface area contributed by atoms with E-state index in [0.29, 0.717) is 6.04 Å². The molecule has 0 aromatic carbocycles. The molecule has 0 saturated carbocycles. The Hall–Kier alpha value is -0.380. The van der Waals surface area contributed by atoms with E-state index in [9.17, 15) is 0 Å². The van der Waals surface area contributed by atoms with E-state index in [4.69, 9.17) is 0 Å². The third kappa shape index (κ3) is 1.53. The average Bonchev–Trinajstić information content (AvgIpc) is 2.86. The minimum Gasteiger partial charge on any atom is -0.305 e. The van der Waals surface area contributed by atoms with Gasteiger partial charge in [-0.25, -0.2) is 0 Å². The van der Waals surface area contributed by atoms with Crippen molar-refractivity contribution in [3.63, 3.8) is 0 Å². The minimum absolute atomic E-state index is 0.284. The first-order chi connectivity index (χ1) is 7.71. The van der Waals surface area contributed by atoms with Gasteiger partial charge in [0.15, 0.2) is 0 Å². The van der Waals surface area contributed by atoms with E-state index < -0.39 is 0 Å². The fraction of sp³-hybridized carbons (Fsp3) is 0.692. The fourth-order valence-corrected chi connectivity index (χ4v) is 4.23. The molecule has 2 aliphatic heterocycles. The zero-order valence-electron chi connectivity index (χ0n) is 10.1. The summed E-state index contributed by atoms with van der Waals surface area (Å²) in [5.74, 6) is 0. The van der Waals surface area contributed by atoms with Gasteiger partial charge in [0.25, 0.3) is 0 Å². The summed E-state index contributed by atoms with van der Waals surface area (Å²) in [5, 5.41) is 6.05. The van der Waals surface area contributed by atoms with Crippen molar-refractivity contribution in [3.05, 3.63) is 21.9 Å². The summed E-state index contributed by atoms with van der Waals surface area (Å²) in [4.78, 5) is 4.21. The first-order valence-corrected chi connectivity index (χ1v) is 7.15. The maximum Gasteiger partial charge on any atom is 0.0672 e. The molecular formula is C13H20N2S. The number of nitrogens with zero attached hydrogens (tertiary/aromatic N) is 1. The van der Waals surface area contributed by atoms with Gasteiger partial charge >= 0.3 is 0 Å². The lowest BCUT2D eigenvalue weighted by Crippen LogP contribution is -2.48. The van der Waals surface area contributed by atoms with E-state index in [1.54, 1.807) is 10.4 Å². The normalized spacial score (nSPS) is 30.2. The number of likely N-dealkylation sites (tertiary alicyclic amines) is 1. The predicted molar refractivity (Wildman–Crippen MR) is 69.0 cm³/mol. The van der Waals surface area contributed by atoms with Crippen molar-refractivity contribution in [3.8, 4) is 0 Å². The highest BCUT2D eigenvalue weighted by Gasteiger charge is 2.43. The van der Waals surface area contributed by atoms with E-state index in [2.05, 4.69) is 35.5 Å². The summed E-state index contributed by atoms with van der Waals surface area (Å²) < 4.78 is 0. The molecule has 0 amide bonds. The van der Waals surface area contributed by atoms with Crippen LogP contribution in [0.5, 0.6) is 0 Å². The van der Waals surface area contributed by atoms with Gasteiger partial charge in [-0.3, -0.25) is 4.90 Å². The molecule has 1 aromatic heterocycles. The van der Waals surface area contributed by atoms with Gasteiger partial charge in [-0.2, -0.15) is 0 Å². The summed E-state index contributed by atoms with van der Waals surface area (Å²) in [7, 11) is 0. The number of fused-ring (bicyclic) bond motifs is 2. The highest BCUT2D eigenvalue weighted by molar-refractivity contribution is 7.10. The molecular weight excluding hydrogens is 216 g/mol. The van der Waals surface area contributed by atoms with Crippen LogP contribution in [0.25, 0.3) is 0 Å². The van der Waals surface area contributed by atoms with Gasteiger partial charge in [-0.15, -0.1) is 11.3 Å². The third-order valence-electron chi connectivity index (χ3n) is 4.07. The lowest BCUT2D eigenvalue weighted by molar-refractivity contribution is 0.238. The Kier molecular flexibility index (Phi) is 2.57. The highest BCUT2D eigenvalue weighted by Crippen LogP contribution is 2.40. The average molecular weight is 236 g/mol. The van der Waals surface area contributed by atoms with Crippen LogP contribution < -0.4 is 5.32 Å². The maximum atomic E-state index is 3.79. The lowest BCUT2D eigenvalue weighted by Gasteiger charge is -2.35. The molecule has 1 unspecified atom stereocenters. The van der Waals surface area contributed by atoms with Gasteiger partial charge in [-0.05, 0) is 43.7 Å². The molecule has 0 radical (unpaired) electrons. The van der Waals surface area contributed by atoms with Crippen molar-refractivity contribution in [2.45, 2.75) is 38.3 Å². The SMILES string of the molecule is CC(C)N1CCC2(C1)NCCc1ccsc12. The Balaban J connectivity index is 1.92. The monoisotopic (exact) mass is 236 g/mol. The van der Waals surface area contributed by atoms with Crippen LogP contribution in [0.2, 0.25) is 0 Å². The second-order valence-electron chi connectivity index (χ2n) is 5.35. The van der Waals surface area contributed by atoms with E-state index in [-0.39, 0.29) is 5.54 Å². The molecule has 3 heteroatoms. The number of thiophene rings is 1. The summed E-state index contributed by atoms with van der Waals surface area (Å²) in [6, 6.07) is 2.99. The Bertz CT molecular complexity index is 385. The maximum absolute atomic E-state index is 3.79. The quantitative estimate of drug-likeness (QED) is 0.804. The first kappa shape index (κ1) is 10.8. The molecule has 1 saturated heterocycles. The van der Waals surface area contributed by atoms with Gasteiger partial charge in [0.1, 0.15) is 0 Å². The molecule has 0 bridgehead atoms. The molecule has 2 nitrogen and oxygen atoms in total. The second-order valence-corrected chi connectivity index (χ2v) is 6.26. The number of hydrogen-bond acceptors (Lipinski definition) is 3. The summed E-state index contributed by atoms with van der Waals surface area (Å²) in [5.41, 5.74) is 1.88. The smallest absolute Gasteiger partial charge is 0.0672 e. The largest absolute Gasteiger partial charge is 0.305 e. The number of nitrogens with one attached hydrogen (secondary N) is 1. The molecule has 16 heavy (non-hydrogen) atoms. The van der Waals surface area contributed by atoms with Crippen LogP contribution in [0.1, 0.15) is 30.7 Å². The lowest BCUT2D eigenvalue weighted by atomic mass is 9.89. The zero-order chi connectivity index (χ0) is 11.2. The van der Waals surface area contributed by atoms with Crippen LogP contribution in [-0.2, 0) is 12.0 Å². The van der Waals surface area contributed by atoms with Gasteiger partial charge in [0, 0.05) is 30.6 Å². The molecule has 1 spiro atoms. The standard InChI is InChI=1S/C13H20N2S/c1-10(2)15-7-5-13(9-15)12-11(3-6-14-13)4-8-16-12/h4,8,10,14H,3,5-7,9H2,1-2H3.